The van der Waals surface area contributed by atoms with Crippen molar-refractivity contribution in [2.24, 2.45) is 5.73 Å². The van der Waals surface area contributed by atoms with Gasteiger partial charge in [-0.25, -0.2) is 9.67 Å². The molecule has 30 heavy (non-hydrogen) atoms. The number of carbonyl (C=O) groups excluding carboxylic acids is 1. The van der Waals surface area contributed by atoms with Crippen LogP contribution in [0.15, 0.2) is 36.5 Å². The van der Waals surface area contributed by atoms with Crippen LogP contribution in [0, 0.1) is 0 Å². The molecular formula is C23H30N6O. The van der Waals surface area contributed by atoms with Gasteiger partial charge in [0.15, 0.2) is 5.65 Å². The topological polar surface area (TPSA) is 80.3 Å². The number of pyridine rings is 1. The summed E-state index contributed by atoms with van der Waals surface area (Å²) in [7, 11) is 2.06. The van der Waals surface area contributed by atoms with E-state index >= 15 is 0 Å². The van der Waals surface area contributed by atoms with E-state index in [1.807, 2.05) is 21.7 Å². The maximum atomic E-state index is 13.1. The van der Waals surface area contributed by atoms with Crippen LogP contribution < -0.4 is 5.73 Å². The van der Waals surface area contributed by atoms with Gasteiger partial charge in [0.1, 0.15) is 0 Å². The molecule has 1 fully saturated rings. The summed E-state index contributed by atoms with van der Waals surface area (Å²) in [5, 5.41) is 5.34. The molecule has 0 bridgehead atoms. The van der Waals surface area contributed by atoms with Gasteiger partial charge in [-0.2, -0.15) is 5.10 Å². The molecule has 0 spiro atoms. The Balaban J connectivity index is 1.79. The zero-order chi connectivity index (χ0) is 21.3. The largest absolute Gasteiger partial charge is 0.338 e. The van der Waals surface area contributed by atoms with Crippen molar-refractivity contribution in [3.63, 3.8) is 0 Å². The van der Waals surface area contributed by atoms with E-state index in [-0.39, 0.29) is 11.9 Å². The van der Waals surface area contributed by atoms with Crippen LogP contribution in [-0.4, -0.2) is 63.7 Å². The Bertz CT molecular complexity index is 1050. The van der Waals surface area contributed by atoms with E-state index in [0.29, 0.717) is 12.1 Å². The number of benzene rings is 1. The fraction of sp³-hybridized carbons (Fsp3) is 0.435. The molecule has 0 unspecified atom stereocenters. The predicted molar refractivity (Wildman–Crippen MR) is 119 cm³/mol. The molecule has 2 N–H and O–H groups in total. The third-order valence-electron chi connectivity index (χ3n) is 5.62. The van der Waals surface area contributed by atoms with Crippen molar-refractivity contribution in [2.45, 2.75) is 32.9 Å². The number of amides is 1. The maximum Gasteiger partial charge on any atom is 0.254 e. The van der Waals surface area contributed by atoms with Crippen molar-refractivity contribution < 1.29 is 4.79 Å². The molecule has 7 heteroatoms. The quantitative estimate of drug-likeness (QED) is 0.653. The van der Waals surface area contributed by atoms with Gasteiger partial charge in [0, 0.05) is 44.3 Å². The van der Waals surface area contributed by atoms with E-state index in [9.17, 15) is 4.79 Å². The average molecular weight is 407 g/mol. The highest BCUT2D eigenvalue weighted by molar-refractivity contribution is 6.06. The highest BCUT2D eigenvalue weighted by Gasteiger charge is 2.26. The lowest BCUT2D eigenvalue weighted by Gasteiger charge is -2.31. The fourth-order valence-electron chi connectivity index (χ4n) is 3.85. The summed E-state index contributed by atoms with van der Waals surface area (Å²) in [6.45, 7) is 8.08. The summed E-state index contributed by atoms with van der Waals surface area (Å²) in [6, 6.07) is 10.4. The van der Waals surface area contributed by atoms with Gasteiger partial charge in [-0.1, -0.05) is 18.2 Å². The molecule has 158 valence electrons. The van der Waals surface area contributed by atoms with Gasteiger partial charge in [-0.05, 0) is 45.0 Å². The monoisotopic (exact) mass is 406 g/mol. The minimum absolute atomic E-state index is 0.0667. The molecule has 7 nitrogen and oxygen atoms in total. The van der Waals surface area contributed by atoms with E-state index in [1.54, 1.807) is 6.20 Å². The Kier molecular flexibility index (Phi) is 5.83. The first-order valence-corrected chi connectivity index (χ1v) is 10.6. The van der Waals surface area contributed by atoms with Gasteiger partial charge >= 0.3 is 0 Å². The zero-order valence-electron chi connectivity index (χ0n) is 18.0. The molecule has 2 aromatic heterocycles. The standard InChI is InChI=1S/C23H30N6O/c1-16(2)29-22-20(14-25-29)19(23(30)28-9-5-10-28)13-21(26-22)18-7-4-6-17(12-18)15-27(3)11-8-24/h4,6-7,12-14,16H,5,8-11,15,24H2,1-3H3. The number of hydrogen-bond donors (Lipinski definition) is 1. The van der Waals surface area contributed by atoms with Crippen LogP contribution in [0.1, 0.15) is 42.2 Å². The van der Waals surface area contributed by atoms with Crippen molar-refractivity contribution in [1.82, 2.24) is 24.6 Å². The zero-order valence-corrected chi connectivity index (χ0v) is 18.0. The molecule has 4 rings (SSSR count). The fourth-order valence-corrected chi connectivity index (χ4v) is 3.85. The number of likely N-dealkylation sites (tertiary alicyclic amines) is 1. The predicted octanol–water partition coefficient (Wildman–Crippen LogP) is 2.92. The van der Waals surface area contributed by atoms with Gasteiger partial charge in [0.25, 0.3) is 5.91 Å². The third kappa shape index (κ3) is 3.95. The van der Waals surface area contributed by atoms with E-state index in [0.717, 1.165) is 54.9 Å². The summed E-state index contributed by atoms with van der Waals surface area (Å²) < 4.78 is 1.89. The average Bonchev–Trinajstić information content (AvgIpc) is 3.10. The molecule has 1 aromatic carbocycles. The lowest BCUT2D eigenvalue weighted by atomic mass is 10.0. The molecule has 3 aromatic rings. The van der Waals surface area contributed by atoms with Crippen LogP contribution in [0.5, 0.6) is 0 Å². The van der Waals surface area contributed by atoms with Crippen molar-refractivity contribution >= 4 is 16.9 Å². The number of fused-ring (bicyclic) bond motifs is 1. The molecule has 1 aliphatic heterocycles. The van der Waals surface area contributed by atoms with E-state index in [1.165, 1.54) is 5.56 Å². The van der Waals surface area contributed by atoms with E-state index in [4.69, 9.17) is 10.7 Å². The number of nitrogens with zero attached hydrogens (tertiary/aromatic N) is 5. The van der Waals surface area contributed by atoms with Gasteiger partial charge in [0.2, 0.25) is 0 Å². The Morgan fingerprint density at radius 2 is 2.07 bits per heavy atom. The number of aromatic nitrogens is 3. The minimum Gasteiger partial charge on any atom is -0.338 e. The normalized spacial score (nSPS) is 14.0. The maximum absolute atomic E-state index is 13.1. The van der Waals surface area contributed by atoms with Crippen LogP contribution in [0.4, 0.5) is 0 Å². The smallest absolute Gasteiger partial charge is 0.254 e. The Morgan fingerprint density at radius 3 is 2.73 bits per heavy atom. The molecular weight excluding hydrogens is 376 g/mol. The van der Waals surface area contributed by atoms with Gasteiger partial charge in [-0.15, -0.1) is 0 Å². The number of rotatable bonds is 7. The number of likely N-dealkylation sites (N-methyl/N-ethyl adjacent to an activating group) is 1. The molecule has 1 saturated heterocycles. The summed E-state index contributed by atoms with van der Waals surface area (Å²) in [6.07, 6.45) is 2.84. The molecule has 0 radical (unpaired) electrons. The molecule has 1 aliphatic rings. The lowest BCUT2D eigenvalue weighted by molar-refractivity contribution is 0.0654. The van der Waals surface area contributed by atoms with E-state index < -0.39 is 0 Å². The number of hydrogen-bond acceptors (Lipinski definition) is 5. The molecule has 0 atom stereocenters. The van der Waals surface area contributed by atoms with Gasteiger partial charge in [-0.3, -0.25) is 4.79 Å². The number of nitrogens with two attached hydrogens (primary N) is 1. The summed E-state index contributed by atoms with van der Waals surface area (Å²) in [5.41, 5.74) is 10.1. The van der Waals surface area contributed by atoms with Crippen molar-refractivity contribution in [3.8, 4) is 11.3 Å². The van der Waals surface area contributed by atoms with E-state index in [2.05, 4.69) is 49.1 Å². The molecule has 0 saturated carbocycles. The molecule has 3 heterocycles. The molecule has 1 amide bonds. The SMILES string of the molecule is CC(C)n1ncc2c(C(=O)N3CCC3)cc(-c3cccc(CN(C)CCN)c3)nc21. The van der Waals surface area contributed by atoms with Crippen molar-refractivity contribution in [2.75, 3.05) is 33.2 Å². The van der Waals surface area contributed by atoms with Crippen molar-refractivity contribution in [3.05, 3.63) is 47.7 Å². The highest BCUT2D eigenvalue weighted by Crippen LogP contribution is 2.28. The van der Waals surface area contributed by atoms with Crippen LogP contribution >= 0.6 is 0 Å². The first-order chi connectivity index (χ1) is 14.5. The lowest BCUT2D eigenvalue weighted by Crippen LogP contribution is -2.42. The van der Waals surface area contributed by atoms with Gasteiger partial charge in [0.05, 0.1) is 22.8 Å². The van der Waals surface area contributed by atoms with Gasteiger partial charge < -0.3 is 15.5 Å². The Morgan fingerprint density at radius 1 is 1.27 bits per heavy atom. The Hall–Kier alpha value is -2.77. The summed E-state index contributed by atoms with van der Waals surface area (Å²) in [4.78, 5) is 22.1. The first kappa shape index (κ1) is 20.5. The van der Waals surface area contributed by atoms with Crippen LogP contribution in [-0.2, 0) is 6.54 Å². The number of carbonyl (C=O) groups is 1. The van der Waals surface area contributed by atoms with Crippen LogP contribution in [0.2, 0.25) is 0 Å². The van der Waals surface area contributed by atoms with Crippen LogP contribution in [0.3, 0.4) is 0 Å². The summed E-state index contributed by atoms with van der Waals surface area (Å²) >= 11 is 0. The minimum atomic E-state index is 0.0667. The Labute approximate surface area is 177 Å². The molecule has 0 aliphatic carbocycles. The highest BCUT2D eigenvalue weighted by atomic mass is 16.2. The second-order valence-corrected chi connectivity index (χ2v) is 8.35. The first-order valence-electron chi connectivity index (χ1n) is 10.6. The third-order valence-corrected chi connectivity index (χ3v) is 5.62. The summed E-state index contributed by atoms with van der Waals surface area (Å²) in [5.74, 6) is 0.0667. The van der Waals surface area contributed by atoms with Crippen molar-refractivity contribution in [1.29, 1.82) is 0 Å². The van der Waals surface area contributed by atoms with Crippen LogP contribution in [0.25, 0.3) is 22.3 Å². The second kappa shape index (κ2) is 8.53. The second-order valence-electron chi connectivity index (χ2n) is 8.35.